The summed E-state index contributed by atoms with van der Waals surface area (Å²) in [6, 6.07) is 18.1. The van der Waals surface area contributed by atoms with Crippen LogP contribution in [0.5, 0.6) is 0 Å². The Hall–Kier alpha value is -6.22. The van der Waals surface area contributed by atoms with Crippen LogP contribution in [0.25, 0.3) is 33.2 Å². The number of halogens is 1. The van der Waals surface area contributed by atoms with Crippen molar-refractivity contribution in [1.82, 2.24) is 40.6 Å². The van der Waals surface area contributed by atoms with Crippen LogP contribution in [0, 0.1) is 12.7 Å². The zero-order valence-electron chi connectivity index (χ0n) is 33.2. The van der Waals surface area contributed by atoms with Gasteiger partial charge in [-0.3, -0.25) is 24.6 Å². The van der Waals surface area contributed by atoms with Crippen LogP contribution in [-0.2, 0) is 15.0 Å². The van der Waals surface area contributed by atoms with Gasteiger partial charge in [0.2, 0.25) is 17.7 Å². The number of anilines is 2. The second-order valence-corrected chi connectivity index (χ2v) is 16.8. The number of nitrogens with zero attached hydrogens (tertiary/aromatic N) is 7. The number of hydrogen-bond acceptors (Lipinski definition) is 11. The Morgan fingerprint density at radius 2 is 1.75 bits per heavy atom. The van der Waals surface area contributed by atoms with E-state index in [1.54, 1.807) is 19.9 Å². The number of piperazine rings is 1. The van der Waals surface area contributed by atoms with Crippen molar-refractivity contribution in [3.05, 3.63) is 95.1 Å². The maximum Gasteiger partial charge on any atom is 0.293 e. The summed E-state index contributed by atoms with van der Waals surface area (Å²) in [6.45, 7) is 11.2. The molecule has 10 rings (SSSR count). The van der Waals surface area contributed by atoms with Gasteiger partial charge in [0.1, 0.15) is 17.8 Å². The van der Waals surface area contributed by atoms with Crippen molar-refractivity contribution in [2.45, 2.75) is 69.9 Å². The minimum atomic E-state index is -0.509. The summed E-state index contributed by atoms with van der Waals surface area (Å²) in [5.74, 6) is -1.11. The molecule has 59 heavy (non-hydrogen) atoms. The minimum Gasteiger partial charge on any atom is -0.369 e. The van der Waals surface area contributed by atoms with Crippen LogP contribution >= 0.6 is 0 Å². The topological polar surface area (TPSA) is 165 Å². The molecule has 0 unspecified atom stereocenters. The number of carbonyl (C=O) groups excluding carboxylic acids is 3. The number of nitrogens with one attached hydrogen (secondary N) is 3. The van der Waals surface area contributed by atoms with Crippen molar-refractivity contribution < 1.29 is 23.3 Å². The van der Waals surface area contributed by atoms with Crippen molar-refractivity contribution in [2.24, 2.45) is 0 Å². The van der Waals surface area contributed by atoms with Crippen LogP contribution in [0.3, 0.4) is 0 Å². The van der Waals surface area contributed by atoms with Crippen LogP contribution in [0.4, 0.5) is 15.8 Å². The molecule has 0 bridgehead atoms. The molecular formula is C44H45FN10O4. The Kier molecular flexibility index (Phi) is 8.96. The number of aromatic nitrogens is 5. The van der Waals surface area contributed by atoms with Gasteiger partial charge in [-0.25, -0.2) is 14.4 Å². The van der Waals surface area contributed by atoms with E-state index in [1.807, 2.05) is 25.1 Å². The molecule has 4 aliphatic rings. The van der Waals surface area contributed by atoms with Gasteiger partial charge in [0.15, 0.2) is 0 Å². The molecule has 2 atom stereocenters. The number of H-pyrrole nitrogens is 1. The third-order valence-electron chi connectivity index (χ3n) is 13.0. The molecule has 6 heterocycles. The van der Waals surface area contributed by atoms with Gasteiger partial charge in [-0.05, 0) is 80.1 Å². The van der Waals surface area contributed by atoms with Crippen molar-refractivity contribution >= 4 is 51.0 Å². The van der Waals surface area contributed by atoms with Crippen molar-refractivity contribution in [2.75, 3.05) is 49.1 Å². The summed E-state index contributed by atoms with van der Waals surface area (Å²) in [5, 5.41) is 10.9. The molecule has 15 heteroatoms. The Balaban J connectivity index is 0.788. The van der Waals surface area contributed by atoms with E-state index in [9.17, 15) is 14.4 Å². The predicted molar refractivity (Wildman–Crippen MR) is 220 cm³/mol. The van der Waals surface area contributed by atoms with E-state index >= 15 is 4.39 Å². The maximum absolute atomic E-state index is 16.3. The van der Waals surface area contributed by atoms with Gasteiger partial charge >= 0.3 is 0 Å². The Labute approximate surface area is 339 Å². The van der Waals surface area contributed by atoms with E-state index in [4.69, 9.17) is 4.52 Å². The lowest BCUT2D eigenvalue weighted by Crippen LogP contribution is -2.63. The quantitative estimate of drug-likeness (QED) is 0.154. The van der Waals surface area contributed by atoms with Gasteiger partial charge in [-0.15, -0.1) is 0 Å². The number of imide groups is 1. The molecule has 3 aromatic heterocycles. The van der Waals surface area contributed by atoms with Gasteiger partial charge < -0.3 is 24.6 Å². The van der Waals surface area contributed by atoms with Gasteiger partial charge in [0.25, 0.3) is 11.7 Å². The SMILES string of the molecule is Cc1c([C@@H](C)NC(=O)c2noc(C3(C)CC3)n2)ccc(-c2ncnc3[nH]c4cc(N5CCN(C6CN(c7ccc([C@@H]8CCC(=O)NC8=O)cc7)C6)CC5)ccc4c23)c1F. The average Bonchev–Trinajstić information content (AvgIpc) is 3.59. The Bertz CT molecular complexity index is 2640. The summed E-state index contributed by atoms with van der Waals surface area (Å²) in [5.41, 5.74) is 6.53. The molecule has 3 aliphatic heterocycles. The molecule has 0 spiro atoms. The summed E-state index contributed by atoms with van der Waals surface area (Å²) in [6.07, 6.45) is 4.29. The summed E-state index contributed by atoms with van der Waals surface area (Å²) < 4.78 is 21.7. The highest BCUT2D eigenvalue weighted by Crippen LogP contribution is 2.46. The fourth-order valence-corrected chi connectivity index (χ4v) is 8.94. The zero-order chi connectivity index (χ0) is 40.6. The lowest BCUT2D eigenvalue weighted by Gasteiger charge is -2.49. The maximum atomic E-state index is 16.3. The largest absolute Gasteiger partial charge is 0.369 e. The zero-order valence-corrected chi connectivity index (χ0v) is 33.2. The van der Waals surface area contributed by atoms with E-state index in [2.05, 4.69) is 80.8 Å². The first-order valence-corrected chi connectivity index (χ1v) is 20.4. The molecule has 0 radical (unpaired) electrons. The van der Waals surface area contributed by atoms with Gasteiger partial charge in [0, 0.05) is 85.0 Å². The predicted octanol–water partition coefficient (Wildman–Crippen LogP) is 5.68. The number of aromatic amines is 1. The average molecular weight is 797 g/mol. The minimum absolute atomic E-state index is 0.0289. The van der Waals surface area contributed by atoms with Crippen molar-refractivity contribution in [3.8, 4) is 11.3 Å². The smallest absolute Gasteiger partial charge is 0.293 e. The van der Waals surface area contributed by atoms with E-state index in [0.717, 1.165) is 85.3 Å². The van der Waals surface area contributed by atoms with Crippen LogP contribution in [-0.4, -0.2) is 93.0 Å². The second kappa shape index (κ2) is 14.3. The Morgan fingerprint density at radius 1 is 0.983 bits per heavy atom. The van der Waals surface area contributed by atoms with Gasteiger partial charge in [0.05, 0.1) is 23.0 Å². The number of piperidine rings is 1. The van der Waals surface area contributed by atoms with Crippen LogP contribution < -0.4 is 20.4 Å². The van der Waals surface area contributed by atoms with E-state index < -0.39 is 17.8 Å². The molecule has 3 saturated heterocycles. The highest BCUT2D eigenvalue weighted by atomic mass is 19.1. The summed E-state index contributed by atoms with van der Waals surface area (Å²) >= 11 is 0. The highest BCUT2D eigenvalue weighted by Gasteiger charge is 2.45. The van der Waals surface area contributed by atoms with Crippen LogP contribution in [0.2, 0.25) is 0 Å². The summed E-state index contributed by atoms with van der Waals surface area (Å²) in [4.78, 5) is 61.1. The molecule has 3 N–H and O–H groups in total. The van der Waals surface area contributed by atoms with E-state index in [-0.39, 0.29) is 29.0 Å². The first-order valence-electron chi connectivity index (χ1n) is 20.4. The number of rotatable bonds is 9. The molecule has 3 amide bonds. The second-order valence-electron chi connectivity index (χ2n) is 16.8. The number of hydrogen-bond donors (Lipinski definition) is 3. The normalized spacial score (nSPS) is 20.2. The van der Waals surface area contributed by atoms with Crippen LogP contribution in [0.15, 0.2) is 65.4 Å². The molecule has 6 aromatic rings. The van der Waals surface area contributed by atoms with Crippen molar-refractivity contribution in [1.29, 1.82) is 0 Å². The lowest BCUT2D eigenvalue weighted by atomic mass is 9.90. The fraction of sp³-hybridized carbons (Fsp3) is 0.386. The third kappa shape index (κ3) is 6.66. The number of benzene rings is 3. The van der Waals surface area contributed by atoms with Gasteiger partial charge in [-0.2, -0.15) is 4.98 Å². The number of carbonyl (C=O) groups is 3. The Morgan fingerprint density at radius 3 is 2.49 bits per heavy atom. The van der Waals surface area contributed by atoms with Gasteiger partial charge in [-0.1, -0.05) is 36.3 Å². The highest BCUT2D eigenvalue weighted by molar-refractivity contribution is 6.12. The summed E-state index contributed by atoms with van der Waals surface area (Å²) in [7, 11) is 0. The molecule has 302 valence electrons. The first-order chi connectivity index (χ1) is 28.5. The standard InChI is InChI=1S/C44H45FN10O4/c1-24-30(25(2)48-42(58)40-51-43(59-52-40)44(3)14-15-44)10-11-33(37(24)45)38-36-32-9-8-28(20-34(32)49-39(36)47-23-46-38)53-16-18-54(19-17-53)29-21-55(22-29)27-6-4-26(5-7-27)31-12-13-35(56)50-41(31)57/h4-11,20,23,25,29,31H,12-19,21-22H2,1-3H3,(H,48,58)(H,46,47,49)(H,50,56,57)/t25-,31+/m1/s1. The van der Waals surface area contributed by atoms with E-state index in [1.165, 1.54) is 6.33 Å². The lowest BCUT2D eigenvalue weighted by molar-refractivity contribution is -0.134. The number of amides is 3. The number of fused-ring (bicyclic) bond motifs is 3. The molecule has 1 saturated carbocycles. The molecule has 3 aromatic carbocycles. The molecule has 14 nitrogen and oxygen atoms in total. The fourth-order valence-electron chi connectivity index (χ4n) is 8.94. The van der Waals surface area contributed by atoms with Crippen LogP contribution in [0.1, 0.15) is 84.7 Å². The molecular weight excluding hydrogens is 752 g/mol. The molecule has 4 fully saturated rings. The molecule has 1 aliphatic carbocycles. The first kappa shape index (κ1) is 37.1. The van der Waals surface area contributed by atoms with Crippen molar-refractivity contribution in [3.63, 3.8) is 0 Å². The monoisotopic (exact) mass is 796 g/mol. The third-order valence-corrected chi connectivity index (χ3v) is 13.0. The van der Waals surface area contributed by atoms with E-state index in [0.29, 0.717) is 52.8 Å².